The molecule has 0 atom stereocenters. The minimum atomic E-state index is -0.0207. The Bertz CT molecular complexity index is 997. The topological polar surface area (TPSA) is 57.7 Å². The second kappa shape index (κ2) is 9.28. The van der Waals surface area contributed by atoms with Gasteiger partial charge in [-0.1, -0.05) is 0 Å². The van der Waals surface area contributed by atoms with E-state index in [4.69, 9.17) is 4.74 Å². The summed E-state index contributed by atoms with van der Waals surface area (Å²) in [6.45, 7) is 3.91. The summed E-state index contributed by atoms with van der Waals surface area (Å²) in [6.07, 6.45) is 3.91. The van der Waals surface area contributed by atoms with E-state index in [1.807, 2.05) is 36.4 Å². The zero-order chi connectivity index (χ0) is 20.9. The van der Waals surface area contributed by atoms with Gasteiger partial charge in [-0.2, -0.15) is 0 Å². The third-order valence-electron chi connectivity index (χ3n) is 5.27. The van der Waals surface area contributed by atoms with Crippen molar-refractivity contribution in [2.24, 2.45) is 0 Å². The van der Waals surface area contributed by atoms with Crippen LogP contribution in [0.5, 0.6) is 5.75 Å². The number of piperazine rings is 1. The van der Waals surface area contributed by atoms with Crippen LogP contribution in [0.3, 0.4) is 0 Å². The standard InChI is InChI=1S/C23H26N4O2S/c1-26-11-13-27(14-12-26)20-15-18(3-5-21(20)29-2)25-23(28)16-19-4-6-22(30-19)17-7-9-24-10-8-17/h3-10,15H,11-14,16H2,1-2H3,(H,25,28). The van der Waals surface area contributed by atoms with E-state index in [0.717, 1.165) is 58.6 Å². The number of pyridine rings is 1. The van der Waals surface area contributed by atoms with Crippen molar-refractivity contribution in [2.45, 2.75) is 6.42 Å². The van der Waals surface area contributed by atoms with E-state index < -0.39 is 0 Å². The minimum absolute atomic E-state index is 0.0207. The van der Waals surface area contributed by atoms with E-state index in [9.17, 15) is 4.79 Å². The molecule has 1 N–H and O–H groups in total. The first-order valence-electron chi connectivity index (χ1n) is 10.0. The van der Waals surface area contributed by atoms with Gasteiger partial charge < -0.3 is 19.9 Å². The number of amides is 1. The molecule has 1 saturated heterocycles. The summed E-state index contributed by atoms with van der Waals surface area (Å²) in [5, 5.41) is 3.04. The van der Waals surface area contributed by atoms with E-state index in [2.05, 4.69) is 33.2 Å². The number of likely N-dealkylation sites (N-methyl/N-ethyl adjacent to an activating group) is 1. The van der Waals surface area contributed by atoms with Crippen molar-refractivity contribution in [2.75, 3.05) is 50.6 Å². The third kappa shape index (κ3) is 4.80. The molecule has 0 bridgehead atoms. The Kier molecular flexibility index (Phi) is 6.30. The van der Waals surface area contributed by atoms with Gasteiger partial charge in [0, 0.05) is 54.0 Å². The van der Waals surface area contributed by atoms with Crippen molar-refractivity contribution >= 4 is 28.6 Å². The zero-order valence-electron chi connectivity index (χ0n) is 17.3. The number of hydrogen-bond donors (Lipinski definition) is 1. The fourth-order valence-corrected chi connectivity index (χ4v) is 4.58. The van der Waals surface area contributed by atoms with Crippen LogP contribution in [0.4, 0.5) is 11.4 Å². The van der Waals surface area contributed by atoms with E-state index in [1.54, 1.807) is 30.8 Å². The summed E-state index contributed by atoms with van der Waals surface area (Å²) in [4.78, 5) is 23.5. The molecule has 6 nitrogen and oxygen atoms in total. The average Bonchev–Trinajstić information content (AvgIpc) is 3.23. The van der Waals surface area contributed by atoms with Crippen molar-refractivity contribution in [3.8, 4) is 16.2 Å². The summed E-state index contributed by atoms with van der Waals surface area (Å²) in [5.74, 6) is 0.811. The first-order chi connectivity index (χ1) is 14.6. The van der Waals surface area contributed by atoms with Crippen LogP contribution in [-0.4, -0.2) is 56.1 Å². The highest BCUT2D eigenvalue weighted by molar-refractivity contribution is 7.15. The number of benzene rings is 1. The van der Waals surface area contributed by atoms with Crippen LogP contribution in [-0.2, 0) is 11.2 Å². The lowest BCUT2D eigenvalue weighted by atomic mass is 10.2. The number of anilines is 2. The number of hydrogen-bond acceptors (Lipinski definition) is 6. The molecule has 0 aliphatic carbocycles. The number of thiophene rings is 1. The lowest BCUT2D eigenvalue weighted by Crippen LogP contribution is -2.44. The van der Waals surface area contributed by atoms with E-state index >= 15 is 0 Å². The van der Waals surface area contributed by atoms with Gasteiger partial charge in [-0.15, -0.1) is 11.3 Å². The normalized spacial score (nSPS) is 14.5. The summed E-state index contributed by atoms with van der Waals surface area (Å²) >= 11 is 1.64. The van der Waals surface area contributed by atoms with Crippen LogP contribution < -0.4 is 15.0 Å². The lowest BCUT2D eigenvalue weighted by molar-refractivity contribution is -0.115. The molecule has 0 unspecified atom stereocenters. The average molecular weight is 423 g/mol. The molecule has 1 amide bonds. The van der Waals surface area contributed by atoms with Crippen molar-refractivity contribution in [1.29, 1.82) is 0 Å². The Labute approximate surface area is 181 Å². The molecule has 7 heteroatoms. The maximum absolute atomic E-state index is 12.6. The monoisotopic (exact) mass is 422 g/mol. The number of nitrogens with one attached hydrogen (secondary N) is 1. The first kappa shape index (κ1) is 20.4. The van der Waals surface area contributed by atoms with Crippen LogP contribution in [0.25, 0.3) is 10.4 Å². The molecule has 1 aliphatic rings. The second-order valence-corrected chi connectivity index (χ2v) is 8.57. The Hall–Kier alpha value is -2.90. The van der Waals surface area contributed by atoms with Crippen LogP contribution in [0, 0.1) is 0 Å². The minimum Gasteiger partial charge on any atom is -0.495 e. The smallest absolute Gasteiger partial charge is 0.229 e. The Morgan fingerprint density at radius 3 is 2.60 bits per heavy atom. The molecule has 0 saturated carbocycles. The zero-order valence-corrected chi connectivity index (χ0v) is 18.1. The maximum Gasteiger partial charge on any atom is 0.229 e. The Morgan fingerprint density at radius 2 is 1.87 bits per heavy atom. The molecular weight excluding hydrogens is 396 g/mol. The molecule has 1 aromatic carbocycles. The molecule has 156 valence electrons. The molecule has 4 rings (SSSR count). The van der Waals surface area contributed by atoms with Gasteiger partial charge in [0.1, 0.15) is 5.75 Å². The number of methoxy groups -OCH3 is 1. The third-order valence-corrected chi connectivity index (χ3v) is 6.40. The summed E-state index contributed by atoms with van der Waals surface area (Å²) in [6, 6.07) is 13.9. The number of rotatable bonds is 6. The van der Waals surface area contributed by atoms with Gasteiger partial charge in [0.15, 0.2) is 0 Å². The van der Waals surface area contributed by atoms with Crippen molar-refractivity contribution in [1.82, 2.24) is 9.88 Å². The molecule has 0 spiro atoms. The van der Waals surface area contributed by atoms with Crippen molar-refractivity contribution < 1.29 is 9.53 Å². The fourth-order valence-electron chi connectivity index (χ4n) is 3.57. The van der Waals surface area contributed by atoms with Gasteiger partial charge in [-0.05, 0) is 55.1 Å². The summed E-state index contributed by atoms with van der Waals surface area (Å²) in [7, 11) is 3.82. The van der Waals surface area contributed by atoms with E-state index in [1.165, 1.54) is 0 Å². The van der Waals surface area contributed by atoms with E-state index in [-0.39, 0.29) is 5.91 Å². The molecule has 3 heterocycles. The van der Waals surface area contributed by atoms with Gasteiger partial charge in [-0.3, -0.25) is 9.78 Å². The number of carbonyl (C=O) groups is 1. The highest BCUT2D eigenvalue weighted by Gasteiger charge is 2.18. The SMILES string of the molecule is COc1ccc(NC(=O)Cc2ccc(-c3ccncc3)s2)cc1N1CCN(C)CC1. The van der Waals surface area contributed by atoms with Crippen molar-refractivity contribution in [3.05, 3.63) is 59.7 Å². The lowest BCUT2D eigenvalue weighted by Gasteiger charge is -2.34. The molecule has 0 radical (unpaired) electrons. The summed E-state index contributed by atoms with van der Waals surface area (Å²) in [5.41, 5.74) is 2.94. The second-order valence-electron chi connectivity index (χ2n) is 7.40. The molecule has 3 aromatic rings. The number of carbonyl (C=O) groups excluding carboxylic acids is 1. The summed E-state index contributed by atoms with van der Waals surface area (Å²) < 4.78 is 5.56. The predicted molar refractivity (Wildman–Crippen MR) is 123 cm³/mol. The molecule has 1 aliphatic heterocycles. The highest BCUT2D eigenvalue weighted by atomic mass is 32.1. The van der Waals surface area contributed by atoms with Gasteiger partial charge in [0.2, 0.25) is 5.91 Å². The maximum atomic E-state index is 12.6. The largest absolute Gasteiger partial charge is 0.495 e. The van der Waals surface area contributed by atoms with Crippen LogP contribution in [0.2, 0.25) is 0 Å². The molecule has 2 aromatic heterocycles. The van der Waals surface area contributed by atoms with E-state index in [0.29, 0.717) is 6.42 Å². The fraction of sp³-hybridized carbons (Fsp3) is 0.304. The van der Waals surface area contributed by atoms with Gasteiger partial charge >= 0.3 is 0 Å². The highest BCUT2D eigenvalue weighted by Crippen LogP contribution is 2.32. The van der Waals surface area contributed by atoms with Crippen LogP contribution in [0.15, 0.2) is 54.9 Å². The molecular formula is C23H26N4O2S. The van der Waals surface area contributed by atoms with Gasteiger partial charge in [0.05, 0.1) is 19.2 Å². The molecule has 30 heavy (non-hydrogen) atoms. The Balaban J connectivity index is 1.43. The molecule has 1 fully saturated rings. The van der Waals surface area contributed by atoms with Gasteiger partial charge in [0.25, 0.3) is 0 Å². The van der Waals surface area contributed by atoms with Crippen LogP contribution >= 0.6 is 11.3 Å². The first-order valence-corrected chi connectivity index (χ1v) is 10.8. The Morgan fingerprint density at radius 1 is 1.10 bits per heavy atom. The number of nitrogens with zero attached hydrogens (tertiary/aromatic N) is 3. The van der Waals surface area contributed by atoms with Crippen molar-refractivity contribution in [3.63, 3.8) is 0 Å². The predicted octanol–water partition coefficient (Wildman–Crippen LogP) is 3.75. The quantitative estimate of drug-likeness (QED) is 0.656. The number of ether oxygens (including phenoxy) is 1. The number of aromatic nitrogens is 1. The van der Waals surface area contributed by atoms with Gasteiger partial charge in [-0.25, -0.2) is 0 Å². The van der Waals surface area contributed by atoms with Crippen LogP contribution in [0.1, 0.15) is 4.88 Å².